The zero-order chi connectivity index (χ0) is 15.3. The monoisotopic (exact) mass is 295 g/mol. The molecule has 1 aliphatic rings. The largest absolute Gasteiger partial charge is 0.382 e. The number of nitrogens with one attached hydrogen (secondary N) is 1. The minimum atomic E-state index is -0.162. The highest BCUT2D eigenvalue weighted by Crippen LogP contribution is 2.33. The second-order valence-corrected chi connectivity index (χ2v) is 5.66. The number of ether oxygens (including phenoxy) is 1. The maximum Gasteiger partial charge on any atom is 0.318 e. The quantitative estimate of drug-likeness (QED) is 0.859. The first kappa shape index (κ1) is 15.8. The van der Waals surface area contributed by atoms with Crippen molar-refractivity contribution in [1.82, 2.24) is 25.0 Å². The molecule has 0 radical (unpaired) electrons. The zero-order valence-electron chi connectivity index (χ0n) is 13.1. The average Bonchev–Trinajstić information content (AvgIpc) is 3.04. The molecule has 0 aromatic carbocycles. The van der Waals surface area contributed by atoms with E-state index in [0.717, 1.165) is 32.2 Å². The molecule has 1 aromatic heterocycles. The molecule has 2 heterocycles. The summed E-state index contributed by atoms with van der Waals surface area (Å²) in [6, 6.07) is -0.0505. The highest BCUT2D eigenvalue weighted by atomic mass is 16.5. The smallest absolute Gasteiger partial charge is 0.318 e. The highest BCUT2D eigenvalue weighted by molar-refractivity contribution is 5.75. The molecule has 1 aliphatic heterocycles. The lowest BCUT2D eigenvalue weighted by Crippen LogP contribution is -2.53. The maximum absolute atomic E-state index is 12.5. The fraction of sp³-hybridized carbons (Fsp3) is 0.786. The van der Waals surface area contributed by atoms with Gasteiger partial charge in [0.15, 0.2) is 5.82 Å². The Labute approximate surface area is 125 Å². The molecule has 0 aliphatic carbocycles. The predicted octanol–water partition coefficient (Wildman–Crippen LogP) is 1.31. The first-order valence-electron chi connectivity index (χ1n) is 7.50. The third-order valence-electron chi connectivity index (χ3n) is 4.01. The van der Waals surface area contributed by atoms with Gasteiger partial charge >= 0.3 is 6.03 Å². The third kappa shape index (κ3) is 3.53. The van der Waals surface area contributed by atoms with Crippen LogP contribution in [0, 0.1) is 0 Å². The summed E-state index contributed by atoms with van der Waals surface area (Å²) >= 11 is 0. The van der Waals surface area contributed by atoms with Crippen molar-refractivity contribution in [2.24, 2.45) is 7.05 Å². The van der Waals surface area contributed by atoms with E-state index in [9.17, 15) is 4.79 Å². The van der Waals surface area contributed by atoms with Crippen molar-refractivity contribution >= 4 is 6.03 Å². The number of aryl methyl sites for hydroxylation is 1. The van der Waals surface area contributed by atoms with Gasteiger partial charge in [0.2, 0.25) is 0 Å². The van der Waals surface area contributed by atoms with Gasteiger partial charge in [0.1, 0.15) is 6.33 Å². The second kappa shape index (κ2) is 6.89. The Morgan fingerprint density at radius 3 is 3.00 bits per heavy atom. The van der Waals surface area contributed by atoms with Crippen LogP contribution < -0.4 is 5.32 Å². The van der Waals surface area contributed by atoms with Crippen LogP contribution in [0.3, 0.4) is 0 Å². The van der Waals surface area contributed by atoms with E-state index in [1.165, 1.54) is 0 Å². The number of hydrogen-bond donors (Lipinski definition) is 1. The van der Waals surface area contributed by atoms with Crippen molar-refractivity contribution in [1.29, 1.82) is 0 Å². The molecule has 0 bridgehead atoms. The average molecular weight is 295 g/mol. The van der Waals surface area contributed by atoms with Gasteiger partial charge in [-0.15, -0.1) is 0 Å². The molecule has 2 amide bonds. The highest BCUT2D eigenvalue weighted by Gasteiger charge is 2.42. The van der Waals surface area contributed by atoms with Gasteiger partial charge in [0, 0.05) is 20.7 Å². The molecule has 1 aromatic rings. The van der Waals surface area contributed by atoms with Crippen LogP contribution in [0.2, 0.25) is 0 Å². The van der Waals surface area contributed by atoms with Crippen LogP contribution in [0.15, 0.2) is 6.33 Å². The van der Waals surface area contributed by atoms with E-state index < -0.39 is 0 Å². The van der Waals surface area contributed by atoms with Crippen LogP contribution in [-0.2, 0) is 18.3 Å². The summed E-state index contributed by atoms with van der Waals surface area (Å²) in [6.07, 6.45) is 5.66. The van der Waals surface area contributed by atoms with Gasteiger partial charge in [-0.3, -0.25) is 4.68 Å². The molecular weight excluding hydrogens is 270 g/mol. The van der Waals surface area contributed by atoms with E-state index in [4.69, 9.17) is 4.74 Å². The lowest BCUT2D eigenvalue weighted by Gasteiger charge is -2.38. The van der Waals surface area contributed by atoms with Gasteiger partial charge in [-0.2, -0.15) is 5.10 Å². The van der Waals surface area contributed by atoms with Crippen molar-refractivity contribution in [3.63, 3.8) is 0 Å². The van der Waals surface area contributed by atoms with Gasteiger partial charge in [0.25, 0.3) is 0 Å². The Kier molecular flexibility index (Phi) is 5.17. The van der Waals surface area contributed by atoms with E-state index in [1.807, 2.05) is 11.9 Å². The fourth-order valence-corrected chi connectivity index (χ4v) is 3.19. The first-order chi connectivity index (χ1) is 10.1. The fourth-order valence-electron chi connectivity index (χ4n) is 3.19. The van der Waals surface area contributed by atoms with E-state index in [1.54, 1.807) is 18.1 Å². The van der Waals surface area contributed by atoms with Crippen LogP contribution in [0.25, 0.3) is 0 Å². The summed E-state index contributed by atoms with van der Waals surface area (Å²) < 4.78 is 7.01. The molecule has 1 fully saturated rings. The topological polar surface area (TPSA) is 72.3 Å². The van der Waals surface area contributed by atoms with Crippen LogP contribution in [0.4, 0.5) is 4.79 Å². The summed E-state index contributed by atoms with van der Waals surface area (Å²) in [5.41, 5.74) is -0.162. The van der Waals surface area contributed by atoms with Crippen LogP contribution in [0.1, 0.15) is 38.4 Å². The van der Waals surface area contributed by atoms with Crippen molar-refractivity contribution in [3.8, 4) is 0 Å². The maximum atomic E-state index is 12.5. The van der Waals surface area contributed by atoms with Crippen molar-refractivity contribution in [3.05, 3.63) is 12.2 Å². The Balaban J connectivity index is 1.99. The molecule has 21 heavy (non-hydrogen) atoms. The number of carbonyl (C=O) groups excluding carboxylic acids is 1. The van der Waals surface area contributed by atoms with Gasteiger partial charge < -0.3 is 15.0 Å². The van der Waals surface area contributed by atoms with E-state index in [2.05, 4.69) is 22.3 Å². The molecule has 118 valence electrons. The number of amides is 2. The molecular formula is C14H25N5O2. The number of hydrogen-bond acceptors (Lipinski definition) is 4. The molecule has 2 rings (SSSR count). The number of urea groups is 1. The normalized spacial score (nSPS) is 21.8. The zero-order valence-corrected chi connectivity index (χ0v) is 13.1. The second-order valence-electron chi connectivity index (χ2n) is 5.66. The Morgan fingerprint density at radius 1 is 1.57 bits per heavy atom. The Bertz CT molecular complexity index is 468. The molecule has 7 nitrogen and oxygen atoms in total. The first-order valence-corrected chi connectivity index (χ1v) is 7.50. The number of aromatic nitrogens is 3. The number of carbonyl (C=O) groups is 1. The van der Waals surface area contributed by atoms with E-state index in [0.29, 0.717) is 19.0 Å². The number of rotatable bonds is 6. The number of nitrogens with zero attached hydrogens (tertiary/aromatic N) is 4. The van der Waals surface area contributed by atoms with E-state index >= 15 is 0 Å². The minimum absolute atomic E-state index is 0.0505. The molecule has 7 heteroatoms. The summed E-state index contributed by atoms with van der Waals surface area (Å²) in [5, 5.41) is 7.08. The minimum Gasteiger partial charge on any atom is -0.382 e. The number of methoxy groups -OCH3 is 1. The van der Waals surface area contributed by atoms with Gasteiger partial charge in [0.05, 0.1) is 18.7 Å². The summed E-state index contributed by atoms with van der Waals surface area (Å²) in [6.45, 7) is 3.87. The molecule has 1 atom stereocenters. The summed E-state index contributed by atoms with van der Waals surface area (Å²) in [4.78, 5) is 18.5. The molecule has 1 N–H and O–H groups in total. The third-order valence-corrected chi connectivity index (χ3v) is 4.01. The van der Waals surface area contributed by atoms with Gasteiger partial charge in [-0.25, -0.2) is 9.78 Å². The Morgan fingerprint density at radius 2 is 2.38 bits per heavy atom. The van der Waals surface area contributed by atoms with Crippen LogP contribution in [0.5, 0.6) is 0 Å². The standard InChI is InChI=1S/C14H25N5O2/c1-4-6-14(10-21-3)7-5-8-19(14)13(20)15-9-12-16-11-18(2)17-12/h11H,4-10H2,1-3H3,(H,15,20). The van der Waals surface area contributed by atoms with Crippen LogP contribution in [-0.4, -0.2) is 51.5 Å². The van der Waals surface area contributed by atoms with Gasteiger partial charge in [-0.1, -0.05) is 13.3 Å². The van der Waals surface area contributed by atoms with Gasteiger partial charge in [-0.05, 0) is 19.3 Å². The van der Waals surface area contributed by atoms with E-state index in [-0.39, 0.29) is 11.6 Å². The summed E-state index contributed by atoms with van der Waals surface area (Å²) in [5.74, 6) is 0.623. The molecule has 0 saturated carbocycles. The molecule has 1 saturated heterocycles. The lowest BCUT2D eigenvalue weighted by molar-refractivity contribution is 0.0500. The molecule has 0 spiro atoms. The predicted molar refractivity (Wildman–Crippen MR) is 78.7 cm³/mol. The summed E-state index contributed by atoms with van der Waals surface area (Å²) in [7, 11) is 3.51. The van der Waals surface area contributed by atoms with Crippen LogP contribution >= 0.6 is 0 Å². The van der Waals surface area contributed by atoms with Crippen molar-refractivity contribution < 1.29 is 9.53 Å². The lowest BCUT2D eigenvalue weighted by atomic mass is 9.91. The SMILES string of the molecule is CCCC1(COC)CCCN1C(=O)NCc1ncn(C)n1. The number of likely N-dealkylation sites (tertiary alicyclic amines) is 1. The van der Waals surface area contributed by atoms with Crippen molar-refractivity contribution in [2.45, 2.75) is 44.7 Å². The Hall–Kier alpha value is -1.63. The molecule has 1 unspecified atom stereocenters. The van der Waals surface area contributed by atoms with Crippen molar-refractivity contribution in [2.75, 3.05) is 20.3 Å².